The summed E-state index contributed by atoms with van der Waals surface area (Å²) in [6.07, 6.45) is 1.75. The van der Waals surface area contributed by atoms with Crippen molar-refractivity contribution in [1.29, 1.82) is 0 Å². The van der Waals surface area contributed by atoms with Gasteiger partial charge < -0.3 is 14.1 Å². The molecule has 0 aliphatic carbocycles. The number of nitrogens with zero attached hydrogens (tertiary/aromatic N) is 3. The van der Waals surface area contributed by atoms with Gasteiger partial charge in [-0.25, -0.2) is 9.97 Å². The first kappa shape index (κ1) is 17.1. The molecule has 4 aromatic heterocycles. The van der Waals surface area contributed by atoms with E-state index in [4.69, 9.17) is 9.15 Å². The number of fused-ring (bicyclic) bond motifs is 2. The summed E-state index contributed by atoms with van der Waals surface area (Å²) in [7, 11) is 1.48. The van der Waals surface area contributed by atoms with Crippen LogP contribution in [0.3, 0.4) is 0 Å². The molecule has 7 heteroatoms. The van der Waals surface area contributed by atoms with E-state index in [2.05, 4.69) is 19.9 Å². The molecule has 0 amide bonds. The Morgan fingerprint density at radius 1 is 1.03 bits per heavy atom. The number of nitrogens with one attached hydrogen (secondary N) is 1. The van der Waals surface area contributed by atoms with Crippen LogP contribution in [-0.2, 0) is 0 Å². The van der Waals surface area contributed by atoms with Crippen LogP contribution in [-0.4, -0.2) is 27.0 Å². The Kier molecular flexibility index (Phi) is 3.87. The third-order valence-electron chi connectivity index (χ3n) is 4.70. The molecule has 0 aliphatic rings. The minimum Gasteiger partial charge on any atom is -0.482 e. The maximum absolute atomic E-state index is 12.6. The van der Waals surface area contributed by atoms with Crippen LogP contribution in [0.4, 0.5) is 0 Å². The molecule has 142 valence electrons. The summed E-state index contributed by atoms with van der Waals surface area (Å²) in [5.74, 6) is 1.65. The van der Waals surface area contributed by atoms with Crippen LogP contribution in [0.5, 0.6) is 5.88 Å². The largest absolute Gasteiger partial charge is 0.482 e. The number of H-pyrrole nitrogens is 1. The maximum Gasteiger partial charge on any atom is 0.213 e. The molecule has 0 saturated carbocycles. The summed E-state index contributed by atoms with van der Waals surface area (Å²) in [6.45, 7) is 1.87. The molecule has 5 aromatic rings. The zero-order valence-electron chi connectivity index (χ0n) is 15.8. The molecule has 0 atom stereocenters. The minimum atomic E-state index is -0.269. The van der Waals surface area contributed by atoms with Crippen molar-refractivity contribution in [2.45, 2.75) is 6.92 Å². The number of rotatable bonds is 3. The summed E-state index contributed by atoms with van der Waals surface area (Å²) in [6, 6.07) is 14.8. The first-order valence-corrected chi connectivity index (χ1v) is 9.03. The fourth-order valence-electron chi connectivity index (χ4n) is 3.30. The second kappa shape index (κ2) is 6.56. The average Bonchev–Trinajstić information content (AvgIpc) is 3.18. The Morgan fingerprint density at radius 2 is 1.93 bits per heavy atom. The van der Waals surface area contributed by atoms with Gasteiger partial charge in [0.1, 0.15) is 17.1 Å². The highest BCUT2D eigenvalue weighted by Crippen LogP contribution is 2.32. The standard InChI is InChI=1S/C22H16N4O3/c1-12-5-8-17(29-12)21-19(14-6-7-15-13(10-14)4-3-9-23-15)25-20-16(27)11-18(28-2)24-22(20)26-21/h3-11H,1-2H3,(H,24,26,27). The number of methoxy groups -OCH3 is 1. The third-order valence-corrected chi connectivity index (χ3v) is 4.70. The zero-order chi connectivity index (χ0) is 20.0. The Labute approximate surface area is 165 Å². The summed E-state index contributed by atoms with van der Waals surface area (Å²) in [5.41, 5.74) is 3.10. The molecule has 5 rings (SSSR count). The molecule has 0 unspecified atom stereocenters. The van der Waals surface area contributed by atoms with Crippen molar-refractivity contribution in [3.05, 3.63) is 70.7 Å². The molecule has 0 radical (unpaired) electrons. The van der Waals surface area contributed by atoms with Gasteiger partial charge in [-0.3, -0.25) is 9.78 Å². The number of ether oxygens (including phenoxy) is 1. The lowest BCUT2D eigenvalue weighted by atomic mass is 10.0. The Bertz CT molecular complexity index is 1440. The Balaban J connectivity index is 1.84. The summed E-state index contributed by atoms with van der Waals surface area (Å²) >= 11 is 0. The number of benzene rings is 1. The predicted octanol–water partition coefficient (Wildman–Crippen LogP) is 4.11. The van der Waals surface area contributed by atoms with Crippen LogP contribution < -0.4 is 10.2 Å². The number of aromatic amines is 1. The lowest BCUT2D eigenvalue weighted by Gasteiger charge is -2.10. The van der Waals surface area contributed by atoms with Gasteiger partial charge in [0.05, 0.1) is 12.6 Å². The highest BCUT2D eigenvalue weighted by molar-refractivity contribution is 5.88. The highest BCUT2D eigenvalue weighted by Gasteiger charge is 2.18. The van der Waals surface area contributed by atoms with Crippen LogP contribution in [0.1, 0.15) is 5.76 Å². The van der Waals surface area contributed by atoms with E-state index in [1.54, 1.807) is 6.20 Å². The van der Waals surface area contributed by atoms with Gasteiger partial charge in [0.25, 0.3) is 0 Å². The second-order valence-electron chi connectivity index (χ2n) is 6.64. The minimum absolute atomic E-state index is 0.235. The molecule has 29 heavy (non-hydrogen) atoms. The molecule has 0 fully saturated rings. The first-order chi connectivity index (χ1) is 14.1. The van der Waals surface area contributed by atoms with Gasteiger partial charge in [-0.05, 0) is 37.3 Å². The zero-order valence-corrected chi connectivity index (χ0v) is 15.8. The van der Waals surface area contributed by atoms with E-state index in [1.165, 1.54) is 13.2 Å². The molecule has 0 saturated heterocycles. The lowest BCUT2D eigenvalue weighted by Crippen LogP contribution is -2.08. The van der Waals surface area contributed by atoms with Crippen LogP contribution >= 0.6 is 0 Å². The van der Waals surface area contributed by atoms with Crippen LogP contribution in [0, 0.1) is 6.92 Å². The number of furan rings is 1. The maximum atomic E-state index is 12.6. The van der Waals surface area contributed by atoms with Crippen molar-refractivity contribution in [2.75, 3.05) is 7.11 Å². The molecule has 7 nitrogen and oxygen atoms in total. The molecular formula is C22H16N4O3. The van der Waals surface area contributed by atoms with E-state index in [9.17, 15) is 4.79 Å². The van der Waals surface area contributed by atoms with Gasteiger partial charge in [-0.2, -0.15) is 0 Å². The van der Waals surface area contributed by atoms with Gasteiger partial charge >= 0.3 is 0 Å². The van der Waals surface area contributed by atoms with Crippen molar-refractivity contribution < 1.29 is 9.15 Å². The molecule has 1 aromatic carbocycles. The van der Waals surface area contributed by atoms with Crippen molar-refractivity contribution in [1.82, 2.24) is 19.9 Å². The molecule has 0 spiro atoms. The number of hydrogen-bond donors (Lipinski definition) is 1. The predicted molar refractivity (Wildman–Crippen MR) is 110 cm³/mol. The first-order valence-electron chi connectivity index (χ1n) is 9.03. The van der Waals surface area contributed by atoms with Gasteiger partial charge in [0.15, 0.2) is 22.8 Å². The normalized spacial score (nSPS) is 11.2. The van der Waals surface area contributed by atoms with Crippen LogP contribution in [0.2, 0.25) is 0 Å². The Hall–Kier alpha value is -4.00. The van der Waals surface area contributed by atoms with Crippen LogP contribution in [0.25, 0.3) is 44.8 Å². The number of aryl methyl sites for hydroxylation is 1. The molecule has 0 bridgehead atoms. The smallest absolute Gasteiger partial charge is 0.213 e. The van der Waals surface area contributed by atoms with Crippen molar-refractivity contribution in [3.8, 4) is 28.6 Å². The van der Waals surface area contributed by atoms with Crippen molar-refractivity contribution in [3.63, 3.8) is 0 Å². The van der Waals surface area contributed by atoms with E-state index < -0.39 is 0 Å². The van der Waals surface area contributed by atoms with E-state index in [0.29, 0.717) is 28.7 Å². The van der Waals surface area contributed by atoms with E-state index in [0.717, 1.165) is 22.2 Å². The fourth-order valence-corrected chi connectivity index (χ4v) is 3.30. The van der Waals surface area contributed by atoms with Gasteiger partial charge in [0, 0.05) is 23.2 Å². The lowest BCUT2D eigenvalue weighted by molar-refractivity contribution is 0.399. The third kappa shape index (κ3) is 2.93. The topological polar surface area (TPSA) is 93.9 Å². The van der Waals surface area contributed by atoms with Gasteiger partial charge in [0.2, 0.25) is 5.43 Å². The fraction of sp³-hybridized carbons (Fsp3) is 0.0909. The van der Waals surface area contributed by atoms with Gasteiger partial charge in [-0.1, -0.05) is 12.1 Å². The van der Waals surface area contributed by atoms with Crippen molar-refractivity contribution in [2.24, 2.45) is 0 Å². The molecule has 0 aliphatic heterocycles. The second-order valence-corrected chi connectivity index (χ2v) is 6.64. The SMILES string of the molecule is COc1cc(=O)c2nc(-c3ccc4ncccc4c3)c(-c3ccc(C)o3)nc2[nH]1. The van der Waals surface area contributed by atoms with Crippen LogP contribution in [0.15, 0.2) is 63.9 Å². The van der Waals surface area contributed by atoms with E-state index in [1.807, 2.05) is 49.4 Å². The average molecular weight is 384 g/mol. The number of hydrogen-bond acceptors (Lipinski definition) is 6. The van der Waals surface area contributed by atoms with E-state index >= 15 is 0 Å². The summed E-state index contributed by atoms with van der Waals surface area (Å²) in [4.78, 5) is 29.3. The Morgan fingerprint density at radius 3 is 2.72 bits per heavy atom. The molecule has 4 heterocycles. The summed E-state index contributed by atoms with van der Waals surface area (Å²) < 4.78 is 11.0. The monoisotopic (exact) mass is 384 g/mol. The van der Waals surface area contributed by atoms with Crippen molar-refractivity contribution >= 4 is 22.1 Å². The quantitative estimate of drug-likeness (QED) is 0.503. The highest BCUT2D eigenvalue weighted by atomic mass is 16.5. The van der Waals surface area contributed by atoms with Gasteiger partial charge in [-0.15, -0.1) is 0 Å². The molecular weight excluding hydrogens is 368 g/mol. The summed E-state index contributed by atoms with van der Waals surface area (Å²) in [5, 5.41) is 0.970. The van der Waals surface area contributed by atoms with E-state index in [-0.39, 0.29) is 10.9 Å². The molecule has 1 N–H and O–H groups in total. The number of pyridine rings is 2. The number of aromatic nitrogens is 4.